The fraction of sp³-hybridized carbons (Fsp3) is 0.778. The molecule has 1 heterocycles. The van der Waals surface area contributed by atoms with E-state index >= 15 is 0 Å². The molecule has 1 aliphatic carbocycles. The number of carbonyl (C=O) groups excluding carboxylic acids is 1. The molecule has 1 aliphatic heterocycles. The summed E-state index contributed by atoms with van der Waals surface area (Å²) in [7, 11) is 0. The molecular formula is C9H13NO2S. The van der Waals surface area contributed by atoms with E-state index in [0.717, 1.165) is 12.8 Å². The van der Waals surface area contributed by atoms with Crippen molar-refractivity contribution in [1.82, 2.24) is 0 Å². The van der Waals surface area contributed by atoms with Crippen molar-refractivity contribution in [3.8, 4) is 0 Å². The number of aliphatic imine (C=N–C) groups is 1. The number of hydrogen-bond donors (Lipinski definition) is 0. The summed E-state index contributed by atoms with van der Waals surface area (Å²) >= 11 is 1.70. The third-order valence-corrected chi connectivity index (χ3v) is 4.03. The quantitative estimate of drug-likeness (QED) is 0.634. The minimum Gasteiger partial charge on any atom is -0.464 e. The van der Waals surface area contributed by atoms with Crippen molar-refractivity contribution in [1.29, 1.82) is 0 Å². The van der Waals surface area contributed by atoms with Gasteiger partial charge in [-0.1, -0.05) is 6.42 Å². The van der Waals surface area contributed by atoms with Gasteiger partial charge in [0, 0.05) is 0 Å². The van der Waals surface area contributed by atoms with Crippen LogP contribution in [0.15, 0.2) is 4.99 Å². The summed E-state index contributed by atoms with van der Waals surface area (Å²) in [5.74, 6) is -0.150. The minimum absolute atomic E-state index is 0.0756. The van der Waals surface area contributed by atoms with Crippen molar-refractivity contribution in [2.45, 2.75) is 37.0 Å². The Balaban J connectivity index is 2.04. The Bertz CT molecular complexity index is 248. The minimum atomic E-state index is -0.230. The van der Waals surface area contributed by atoms with Crippen LogP contribution in [0.2, 0.25) is 0 Å². The molecule has 0 aromatic rings. The molecule has 2 rings (SSSR count). The second-order valence-electron chi connectivity index (χ2n) is 3.45. The lowest BCUT2D eigenvalue weighted by molar-refractivity contribution is -0.145. The average Bonchev–Trinajstić information content (AvgIpc) is 2.46. The first-order valence-electron chi connectivity index (χ1n) is 4.64. The number of carbonyl (C=O) groups is 1. The molecule has 0 N–H and O–H groups in total. The zero-order valence-corrected chi connectivity index (χ0v) is 8.47. The maximum absolute atomic E-state index is 11.5. The van der Waals surface area contributed by atoms with Gasteiger partial charge in [-0.2, -0.15) is 0 Å². The molecule has 0 saturated heterocycles. The third kappa shape index (κ3) is 1.37. The monoisotopic (exact) mass is 199 g/mol. The van der Waals surface area contributed by atoms with Crippen LogP contribution >= 0.6 is 11.8 Å². The van der Waals surface area contributed by atoms with E-state index < -0.39 is 0 Å². The third-order valence-electron chi connectivity index (χ3n) is 2.71. The van der Waals surface area contributed by atoms with E-state index in [2.05, 4.69) is 4.99 Å². The molecule has 0 bridgehead atoms. The van der Waals surface area contributed by atoms with Crippen LogP contribution in [0.1, 0.15) is 26.2 Å². The van der Waals surface area contributed by atoms with Crippen LogP contribution in [0, 0.1) is 0 Å². The number of hydrogen-bond acceptors (Lipinski definition) is 4. The summed E-state index contributed by atoms with van der Waals surface area (Å²) in [6.45, 7) is 2.28. The van der Waals surface area contributed by atoms with Crippen molar-refractivity contribution < 1.29 is 9.53 Å². The molecule has 0 amide bonds. The van der Waals surface area contributed by atoms with Gasteiger partial charge in [0.25, 0.3) is 0 Å². The van der Waals surface area contributed by atoms with Crippen LogP contribution in [0.3, 0.4) is 0 Å². The van der Waals surface area contributed by atoms with Gasteiger partial charge in [-0.05, 0) is 19.8 Å². The van der Waals surface area contributed by atoms with E-state index in [0.29, 0.717) is 6.61 Å². The van der Waals surface area contributed by atoms with Gasteiger partial charge in [-0.15, -0.1) is 11.8 Å². The Morgan fingerprint density at radius 2 is 2.54 bits per heavy atom. The molecule has 72 valence electrons. The number of nitrogens with zero attached hydrogens (tertiary/aromatic N) is 1. The first-order chi connectivity index (χ1) is 6.28. The van der Waals surface area contributed by atoms with E-state index in [4.69, 9.17) is 4.74 Å². The number of thioether (sulfide) groups is 1. The molecule has 0 radical (unpaired) electrons. The summed E-state index contributed by atoms with van der Waals surface area (Å²) in [6.07, 6.45) is 3.41. The highest BCUT2D eigenvalue weighted by atomic mass is 32.2. The first-order valence-corrected chi connectivity index (χ1v) is 5.52. The van der Waals surface area contributed by atoms with Crippen molar-refractivity contribution in [3.05, 3.63) is 0 Å². The standard InChI is InChI=1S/C9H13NO2S/c1-2-12-8(11)7-9(4-3-5-9)13-6-10-7/h6-7H,2-5H2,1H3. The Labute approximate surface area is 81.9 Å². The lowest BCUT2D eigenvalue weighted by Crippen LogP contribution is -2.46. The number of rotatable bonds is 2. The largest absolute Gasteiger partial charge is 0.464 e. The van der Waals surface area contributed by atoms with Gasteiger partial charge < -0.3 is 4.74 Å². The van der Waals surface area contributed by atoms with E-state index in [-0.39, 0.29) is 16.8 Å². The molecule has 3 nitrogen and oxygen atoms in total. The lowest BCUT2D eigenvalue weighted by atomic mass is 9.79. The van der Waals surface area contributed by atoms with Crippen LogP contribution in [-0.2, 0) is 9.53 Å². The predicted molar refractivity (Wildman–Crippen MR) is 53.1 cm³/mol. The van der Waals surface area contributed by atoms with Crippen molar-refractivity contribution in [3.63, 3.8) is 0 Å². The molecule has 2 aliphatic rings. The van der Waals surface area contributed by atoms with Crippen molar-refractivity contribution in [2.75, 3.05) is 6.61 Å². The highest BCUT2D eigenvalue weighted by molar-refractivity contribution is 8.13. The zero-order chi connectivity index (χ0) is 9.31. The SMILES string of the molecule is CCOC(=O)C1N=CSC12CCC2. The molecular weight excluding hydrogens is 186 g/mol. The predicted octanol–water partition coefficient (Wildman–Crippen LogP) is 1.62. The molecule has 13 heavy (non-hydrogen) atoms. The van der Waals surface area contributed by atoms with Crippen LogP contribution in [-0.4, -0.2) is 28.9 Å². The maximum Gasteiger partial charge on any atom is 0.332 e. The van der Waals surface area contributed by atoms with Gasteiger partial charge in [-0.3, -0.25) is 4.99 Å². The molecule has 1 saturated carbocycles. The fourth-order valence-corrected chi connectivity index (χ4v) is 3.01. The van der Waals surface area contributed by atoms with Gasteiger partial charge in [0.15, 0.2) is 6.04 Å². The summed E-state index contributed by atoms with van der Waals surface area (Å²) in [6, 6.07) is -0.230. The van der Waals surface area contributed by atoms with E-state index in [9.17, 15) is 4.79 Å². The molecule has 0 aromatic heterocycles. The van der Waals surface area contributed by atoms with Crippen LogP contribution < -0.4 is 0 Å². The topological polar surface area (TPSA) is 38.7 Å². The average molecular weight is 199 g/mol. The second-order valence-corrected chi connectivity index (χ2v) is 4.70. The summed E-state index contributed by atoms with van der Waals surface area (Å²) < 4.78 is 5.07. The smallest absolute Gasteiger partial charge is 0.332 e. The van der Waals surface area contributed by atoms with Crippen LogP contribution in [0.5, 0.6) is 0 Å². The van der Waals surface area contributed by atoms with E-state index in [1.165, 1.54) is 6.42 Å². The molecule has 4 heteroatoms. The van der Waals surface area contributed by atoms with Gasteiger partial charge in [-0.25, -0.2) is 4.79 Å². The van der Waals surface area contributed by atoms with Gasteiger partial charge in [0.05, 0.1) is 16.9 Å². The Hall–Kier alpha value is -0.510. The molecule has 1 spiro atoms. The van der Waals surface area contributed by atoms with E-state index in [1.807, 2.05) is 6.92 Å². The lowest BCUT2D eigenvalue weighted by Gasteiger charge is -2.39. The fourth-order valence-electron chi connectivity index (χ4n) is 1.81. The number of esters is 1. The Morgan fingerprint density at radius 1 is 1.77 bits per heavy atom. The highest BCUT2D eigenvalue weighted by Crippen LogP contribution is 2.50. The van der Waals surface area contributed by atoms with Crippen LogP contribution in [0.25, 0.3) is 0 Å². The highest BCUT2D eigenvalue weighted by Gasteiger charge is 2.51. The van der Waals surface area contributed by atoms with Crippen LogP contribution in [0.4, 0.5) is 0 Å². The second kappa shape index (κ2) is 3.33. The van der Waals surface area contributed by atoms with Gasteiger partial charge in [0.1, 0.15) is 0 Å². The maximum atomic E-state index is 11.5. The van der Waals surface area contributed by atoms with Crippen molar-refractivity contribution in [2.24, 2.45) is 4.99 Å². The summed E-state index contributed by atoms with van der Waals surface area (Å²) in [5.41, 5.74) is 1.81. The van der Waals surface area contributed by atoms with Gasteiger partial charge in [0.2, 0.25) is 0 Å². The Morgan fingerprint density at radius 3 is 3.08 bits per heavy atom. The Kier molecular flexibility index (Phi) is 2.32. The summed E-state index contributed by atoms with van der Waals surface area (Å²) in [5, 5.41) is 0. The van der Waals surface area contributed by atoms with E-state index in [1.54, 1.807) is 17.3 Å². The molecule has 0 aromatic carbocycles. The number of ether oxygens (including phenoxy) is 1. The molecule has 1 fully saturated rings. The molecule has 1 atom stereocenters. The van der Waals surface area contributed by atoms with Gasteiger partial charge >= 0.3 is 5.97 Å². The zero-order valence-electron chi connectivity index (χ0n) is 7.66. The first kappa shape index (κ1) is 9.06. The van der Waals surface area contributed by atoms with Crippen molar-refractivity contribution >= 4 is 23.3 Å². The summed E-state index contributed by atoms with van der Waals surface area (Å²) in [4.78, 5) is 15.7. The normalized spacial score (nSPS) is 28.8. The molecule has 1 unspecified atom stereocenters.